The van der Waals surface area contributed by atoms with E-state index in [9.17, 15) is 4.79 Å². The molecule has 2 rings (SSSR count). The molecule has 5 nitrogen and oxygen atoms in total. The maximum Gasteiger partial charge on any atom is 0.539 e. The molecule has 0 radical (unpaired) electrons. The van der Waals surface area contributed by atoms with Crippen molar-refractivity contribution in [1.82, 2.24) is 0 Å². The van der Waals surface area contributed by atoms with Gasteiger partial charge in [0, 0.05) is 26.9 Å². The zero-order valence-electron chi connectivity index (χ0n) is 14.6. The Labute approximate surface area is 149 Å². The largest absolute Gasteiger partial charge is 0.539 e. The topological polar surface area (TPSA) is 54.0 Å². The number of carbonyl (C=O) groups is 1. The molecule has 0 aliphatic heterocycles. The van der Waals surface area contributed by atoms with Crippen LogP contribution in [0.4, 0.5) is 0 Å². The van der Waals surface area contributed by atoms with E-state index in [0.29, 0.717) is 11.3 Å². The van der Waals surface area contributed by atoms with Gasteiger partial charge in [-0.05, 0) is 35.9 Å². The van der Waals surface area contributed by atoms with E-state index >= 15 is 0 Å². The Hall–Kier alpha value is -2.25. The Morgan fingerprint density at radius 2 is 1.52 bits per heavy atom. The molecule has 0 N–H and O–H groups in total. The summed E-state index contributed by atoms with van der Waals surface area (Å²) >= 11 is 0. The van der Waals surface area contributed by atoms with Crippen molar-refractivity contribution >= 4 is 20.7 Å². The molecule has 2 aromatic carbocycles. The van der Waals surface area contributed by atoms with Crippen molar-refractivity contribution in [2.45, 2.75) is 0 Å². The van der Waals surface area contributed by atoms with Crippen LogP contribution < -0.4 is 4.74 Å². The summed E-state index contributed by atoms with van der Waals surface area (Å²) in [7, 11) is 1.81. The van der Waals surface area contributed by atoms with Crippen molar-refractivity contribution in [3.63, 3.8) is 0 Å². The second-order valence-electron chi connectivity index (χ2n) is 5.22. The molecule has 0 saturated heterocycles. The van der Waals surface area contributed by atoms with Crippen LogP contribution >= 0.6 is 0 Å². The lowest BCUT2D eigenvalue weighted by Gasteiger charge is -2.24. The van der Waals surface area contributed by atoms with E-state index in [-0.39, 0.29) is 12.0 Å². The molecule has 0 saturated carbocycles. The first-order valence-electron chi connectivity index (χ1n) is 7.78. The molecule has 6 heteroatoms. The van der Waals surface area contributed by atoms with Crippen LogP contribution in [0.15, 0.2) is 60.7 Å². The monoisotopic (exact) mass is 358 g/mol. The second kappa shape index (κ2) is 9.29. The molecule has 0 heterocycles. The van der Waals surface area contributed by atoms with Gasteiger partial charge in [0.05, 0.1) is 0 Å². The molecule has 2 aromatic rings. The zero-order valence-corrected chi connectivity index (χ0v) is 15.6. The lowest BCUT2D eigenvalue weighted by Crippen LogP contribution is -2.49. The van der Waals surface area contributed by atoms with Gasteiger partial charge in [-0.3, -0.25) is 4.79 Å². The van der Waals surface area contributed by atoms with Gasteiger partial charge in [-0.15, -0.1) is 0 Å². The van der Waals surface area contributed by atoms with Gasteiger partial charge in [0.1, 0.15) is 5.75 Å². The van der Waals surface area contributed by atoms with E-state index in [0.717, 1.165) is 5.56 Å². The highest BCUT2D eigenvalue weighted by Crippen LogP contribution is 2.16. The fourth-order valence-electron chi connectivity index (χ4n) is 2.15. The van der Waals surface area contributed by atoms with Crippen molar-refractivity contribution in [3.8, 4) is 5.75 Å². The molecular weight excluding hydrogens is 336 g/mol. The predicted molar refractivity (Wildman–Crippen MR) is 98.5 cm³/mol. The van der Waals surface area contributed by atoms with Crippen molar-refractivity contribution in [3.05, 3.63) is 71.8 Å². The second-order valence-corrected chi connectivity index (χ2v) is 8.10. The normalized spacial score (nSPS) is 11.6. The summed E-state index contributed by atoms with van der Waals surface area (Å²) < 4.78 is 21.6. The number of ketones is 1. The Kier molecular flexibility index (Phi) is 7.09. The van der Waals surface area contributed by atoms with E-state index in [4.69, 9.17) is 18.0 Å². The Bertz CT molecular complexity index is 685. The summed E-state index contributed by atoms with van der Waals surface area (Å²) in [6.45, 7) is 0. The lowest BCUT2D eigenvalue weighted by atomic mass is 10.1. The van der Waals surface area contributed by atoms with E-state index in [1.165, 1.54) is 21.3 Å². The lowest BCUT2D eigenvalue weighted by molar-refractivity contribution is 0.1000. The first-order valence-corrected chi connectivity index (χ1v) is 9.71. The number of carbonyl (C=O) groups excluding carboxylic acids is 1. The van der Waals surface area contributed by atoms with Crippen LogP contribution in [0, 0.1) is 0 Å². The molecule has 0 fully saturated rings. The van der Waals surface area contributed by atoms with Crippen LogP contribution in [0.2, 0.25) is 0 Å². The molecule has 0 atom stereocenters. The Morgan fingerprint density at radius 3 is 2.08 bits per heavy atom. The number of hydrogen-bond donors (Lipinski definition) is 0. The third-order valence-corrected chi connectivity index (χ3v) is 6.08. The Balaban J connectivity index is 1.97. The number of benzene rings is 2. The third kappa shape index (κ3) is 5.37. The molecule has 132 valence electrons. The predicted octanol–water partition coefficient (Wildman–Crippen LogP) is 3.38. The van der Waals surface area contributed by atoms with Crippen LogP contribution in [0.5, 0.6) is 5.75 Å². The fraction of sp³-hybridized carbons (Fsp3) is 0.211. The van der Waals surface area contributed by atoms with E-state index in [1.807, 2.05) is 30.3 Å². The van der Waals surface area contributed by atoms with Gasteiger partial charge in [0.15, 0.2) is 12.0 Å². The number of rotatable bonds is 9. The fourth-order valence-corrected chi connectivity index (χ4v) is 3.34. The molecule has 0 bridgehead atoms. The van der Waals surface area contributed by atoms with Gasteiger partial charge in [-0.1, -0.05) is 36.4 Å². The average molecular weight is 358 g/mol. The molecule has 0 aliphatic rings. The summed E-state index contributed by atoms with van der Waals surface area (Å²) in [5, 5.41) is 0. The quantitative estimate of drug-likeness (QED) is 0.391. The van der Waals surface area contributed by atoms with Gasteiger partial charge in [-0.25, -0.2) is 0 Å². The van der Waals surface area contributed by atoms with Crippen LogP contribution in [0.1, 0.15) is 15.9 Å². The number of hydrogen-bond acceptors (Lipinski definition) is 5. The minimum absolute atomic E-state index is 0.0650. The molecule has 25 heavy (non-hydrogen) atoms. The van der Waals surface area contributed by atoms with Crippen molar-refractivity contribution < 1.29 is 22.8 Å². The molecule has 0 amide bonds. The van der Waals surface area contributed by atoms with Gasteiger partial charge in [-0.2, -0.15) is 0 Å². The molecular formula is C19H22O5Si. The van der Waals surface area contributed by atoms with Gasteiger partial charge in [0.25, 0.3) is 0 Å². The van der Waals surface area contributed by atoms with Gasteiger partial charge in [0.2, 0.25) is 0 Å². The molecule has 0 spiro atoms. The smallest absolute Gasteiger partial charge is 0.489 e. The first kappa shape index (κ1) is 19.1. The SMILES string of the molecule is CO[Si](COc1ccc(C(=O)/C=C/c2ccccc2)cc1)(OC)OC. The molecule has 0 aromatic heterocycles. The number of ether oxygens (including phenoxy) is 1. The summed E-state index contributed by atoms with van der Waals surface area (Å²) in [6, 6.07) is 16.6. The van der Waals surface area contributed by atoms with Crippen LogP contribution in [0.3, 0.4) is 0 Å². The molecule has 0 unspecified atom stereocenters. The van der Waals surface area contributed by atoms with Crippen molar-refractivity contribution in [2.75, 3.05) is 27.6 Å². The third-order valence-electron chi connectivity index (χ3n) is 3.71. The average Bonchev–Trinajstić information content (AvgIpc) is 2.69. The van der Waals surface area contributed by atoms with Crippen LogP contribution in [-0.2, 0) is 13.3 Å². The standard InChI is InChI=1S/C19H22O5Si/c1-21-25(22-2,23-3)15-24-18-12-10-17(11-13-18)19(20)14-9-16-7-5-4-6-8-16/h4-14H,15H2,1-3H3/b14-9+. The van der Waals surface area contributed by atoms with Crippen molar-refractivity contribution in [1.29, 1.82) is 0 Å². The highest BCUT2D eigenvalue weighted by atomic mass is 28.4. The zero-order chi connectivity index (χ0) is 18.1. The van der Waals surface area contributed by atoms with Crippen LogP contribution in [-0.4, -0.2) is 42.1 Å². The summed E-state index contributed by atoms with van der Waals surface area (Å²) in [4.78, 5) is 12.2. The van der Waals surface area contributed by atoms with Crippen molar-refractivity contribution in [2.24, 2.45) is 0 Å². The van der Waals surface area contributed by atoms with E-state index in [2.05, 4.69) is 0 Å². The summed E-state index contributed by atoms with van der Waals surface area (Å²) in [5.74, 6) is 0.552. The minimum Gasteiger partial charge on any atom is -0.489 e. The Morgan fingerprint density at radius 1 is 0.920 bits per heavy atom. The maximum absolute atomic E-state index is 12.2. The minimum atomic E-state index is -2.79. The summed E-state index contributed by atoms with van der Waals surface area (Å²) in [6.07, 6.45) is 3.55. The van der Waals surface area contributed by atoms with Gasteiger partial charge >= 0.3 is 8.80 Å². The van der Waals surface area contributed by atoms with E-state index in [1.54, 1.807) is 36.4 Å². The first-order chi connectivity index (χ1) is 12.1. The van der Waals surface area contributed by atoms with E-state index < -0.39 is 8.80 Å². The highest BCUT2D eigenvalue weighted by Gasteiger charge is 2.39. The summed E-state index contributed by atoms with van der Waals surface area (Å²) in [5.41, 5.74) is 1.57. The maximum atomic E-state index is 12.2. The van der Waals surface area contributed by atoms with Crippen LogP contribution in [0.25, 0.3) is 6.08 Å². The molecule has 0 aliphatic carbocycles. The van der Waals surface area contributed by atoms with Gasteiger partial charge < -0.3 is 18.0 Å². The highest BCUT2D eigenvalue weighted by molar-refractivity contribution is 6.60. The number of allylic oxidation sites excluding steroid dienone is 1.